The van der Waals surface area contributed by atoms with E-state index in [4.69, 9.17) is 10.5 Å². The molecule has 0 saturated carbocycles. The SMILES string of the molecule is CC(C)OCCCNC(=O)CN1CC(C)C(N)C1. The summed E-state index contributed by atoms with van der Waals surface area (Å²) < 4.78 is 5.41. The summed E-state index contributed by atoms with van der Waals surface area (Å²) in [5, 5.41) is 2.91. The Morgan fingerprint density at radius 1 is 1.50 bits per heavy atom. The Hall–Kier alpha value is -0.650. The van der Waals surface area contributed by atoms with Crippen molar-refractivity contribution in [2.45, 2.75) is 39.3 Å². The molecule has 1 aliphatic rings. The van der Waals surface area contributed by atoms with Crippen LogP contribution in [0.15, 0.2) is 0 Å². The average Bonchev–Trinajstić information content (AvgIpc) is 2.56. The first-order valence-corrected chi connectivity index (χ1v) is 6.85. The lowest BCUT2D eigenvalue weighted by molar-refractivity contribution is -0.122. The molecule has 18 heavy (non-hydrogen) atoms. The zero-order valence-electron chi connectivity index (χ0n) is 11.8. The van der Waals surface area contributed by atoms with Gasteiger partial charge in [-0.3, -0.25) is 9.69 Å². The van der Waals surface area contributed by atoms with Gasteiger partial charge in [-0.2, -0.15) is 0 Å². The molecule has 0 radical (unpaired) electrons. The summed E-state index contributed by atoms with van der Waals surface area (Å²) in [6.45, 7) is 9.74. The molecule has 1 aliphatic heterocycles. The van der Waals surface area contributed by atoms with Gasteiger partial charge in [-0.15, -0.1) is 0 Å². The summed E-state index contributed by atoms with van der Waals surface area (Å²) >= 11 is 0. The predicted octanol–water partition coefficient (Wildman–Crippen LogP) is 0.197. The number of carbonyl (C=O) groups excluding carboxylic acids is 1. The Balaban J connectivity index is 2.04. The van der Waals surface area contributed by atoms with E-state index in [0.717, 1.165) is 19.5 Å². The molecule has 1 amide bonds. The Morgan fingerprint density at radius 3 is 2.78 bits per heavy atom. The smallest absolute Gasteiger partial charge is 0.234 e. The van der Waals surface area contributed by atoms with Crippen molar-refractivity contribution in [1.82, 2.24) is 10.2 Å². The van der Waals surface area contributed by atoms with Crippen LogP contribution < -0.4 is 11.1 Å². The molecule has 1 saturated heterocycles. The van der Waals surface area contributed by atoms with Gasteiger partial charge in [-0.1, -0.05) is 6.92 Å². The molecule has 0 aromatic carbocycles. The zero-order valence-corrected chi connectivity index (χ0v) is 11.8. The molecular weight excluding hydrogens is 230 g/mol. The maximum absolute atomic E-state index is 11.7. The highest BCUT2D eigenvalue weighted by atomic mass is 16.5. The van der Waals surface area contributed by atoms with Gasteiger partial charge < -0.3 is 15.8 Å². The van der Waals surface area contributed by atoms with E-state index in [9.17, 15) is 4.79 Å². The molecule has 0 bridgehead atoms. The lowest BCUT2D eigenvalue weighted by atomic mass is 10.1. The van der Waals surface area contributed by atoms with Crippen LogP contribution >= 0.6 is 0 Å². The Bertz CT molecular complexity index is 249. The topological polar surface area (TPSA) is 67.6 Å². The highest BCUT2D eigenvalue weighted by molar-refractivity contribution is 5.78. The lowest BCUT2D eigenvalue weighted by Gasteiger charge is -2.15. The molecule has 5 nitrogen and oxygen atoms in total. The minimum absolute atomic E-state index is 0.0841. The Morgan fingerprint density at radius 2 is 2.22 bits per heavy atom. The minimum Gasteiger partial charge on any atom is -0.379 e. The second-order valence-electron chi connectivity index (χ2n) is 5.46. The van der Waals surface area contributed by atoms with E-state index in [1.807, 2.05) is 13.8 Å². The number of carbonyl (C=O) groups is 1. The molecule has 3 N–H and O–H groups in total. The van der Waals surface area contributed by atoms with Gasteiger partial charge in [0.25, 0.3) is 0 Å². The fourth-order valence-electron chi connectivity index (χ4n) is 2.10. The largest absolute Gasteiger partial charge is 0.379 e. The number of ether oxygens (including phenoxy) is 1. The highest BCUT2D eigenvalue weighted by Crippen LogP contribution is 2.13. The maximum Gasteiger partial charge on any atom is 0.234 e. The van der Waals surface area contributed by atoms with Crippen LogP contribution in [0.25, 0.3) is 0 Å². The van der Waals surface area contributed by atoms with E-state index in [2.05, 4.69) is 17.1 Å². The van der Waals surface area contributed by atoms with Crippen molar-refractivity contribution in [2.75, 3.05) is 32.8 Å². The van der Waals surface area contributed by atoms with Crippen LogP contribution in [-0.4, -0.2) is 55.7 Å². The van der Waals surface area contributed by atoms with E-state index < -0.39 is 0 Å². The molecule has 1 heterocycles. The van der Waals surface area contributed by atoms with Crippen molar-refractivity contribution in [1.29, 1.82) is 0 Å². The van der Waals surface area contributed by atoms with Gasteiger partial charge in [0.15, 0.2) is 0 Å². The van der Waals surface area contributed by atoms with Crippen molar-refractivity contribution in [2.24, 2.45) is 11.7 Å². The van der Waals surface area contributed by atoms with Crippen LogP contribution in [0, 0.1) is 5.92 Å². The first-order chi connectivity index (χ1) is 8.49. The minimum atomic E-state index is 0.0841. The molecular formula is C13H27N3O2. The molecule has 106 valence electrons. The molecule has 1 rings (SSSR count). The van der Waals surface area contributed by atoms with Gasteiger partial charge in [0.05, 0.1) is 12.6 Å². The highest BCUT2D eigenvalue weighted by Gasteiger charge is 2.27. The molecule has 0 aliphatic carbocycles. The molecule has 2 atom stereocenters. The third-order valence-corrected chi connectivity index (χ3v) is 3.21. The summed E-state index contributed by atoms with van der Waals surface area (Å²) in [5.41, 5.74) is 5.92. The Labute approximate surface area is 110 Å². The van der Waals surface area contributed by atoms with Gasteiger partial charge in [-0.05, 0) is 26.2 Å². The van der Waals surface area contributed by atoms with Gasteiger partial charge in [0.2, 0.25) is 5.91 Å². The lowest BCUT2D eigenvalue weighted by Crippen LogP contribution is -2.37. The van der Waals surface area contributed by atoms with Gasteiger partial charge >= 0.3 is 0 Å². The Kier molecular flexibility index (Phi) is 6.60. The van der Waals surface area contributed by atoms with Crippen LogP contribution in [-0.2, 0) is 9.53 Å². The van der Waals surface area contributed by atoms with Crippen LogP contribution in [0.3, 0.4) is 0 Å². The van der Waals surface area contributed by atoms with E-state index in [1.54, 1.807) is 0 Å². The summed E-state index contributed by atoms with van der Waals surface area (Å²) in [4.78, 5) is 13.8. The van der Waals surface area contributed by atoms with Gasteiger partial charge in [0.1, 0.15) is 0 Å². The number of nitrogens with zero attached hydrogens (tertiary/aromatic N) is 1. The number of amides is 1. The van der Waals surface area contributed by atoms with E-state index in [1.165, 1.54) is 0 Å². The summed E-state index contributed by atoms with van der Waals surface area (Å²) in [6.07, 6.45) is 1.12. The standard InChI is InChI=1S/C13H27N3O2/c1-10(2)18-6-4-5-15-13(17)9-16-7-11(3)12(14)8-16/h10-12H,4-9,14H2,1-3H3,(H,15,17). The number of nitrogens with one attached hydrogen (secondary N) is 1. The van der Waals surface area contributed by atoms with Gasteiger partial charge in [-0.25, -0.2) is 0 Å². The summed E-state index contributed by atoms with van der Waals surface area (Å²) in [7, 11) is 0. The van der Waals surface area contributed by atoms with E-state index in [-0.39, 0.29) is 18.1 Å². The fourth-order valence-corrected chi connectivity index (χ4v) is 2.10. The third kappa shape index (κ3) is 5.80. The normalized spacial score (nSPS) is 24.7. The summed E-state index contributed by atoms with van der Waals surface area (Å²) in [5.74, 6) is 0.568. The van der Waals surface area contributed by atoms with Crippen LogP contribution in [0.2, 0.25) is 0 Å². The van der Waals surface area contributed by atoms with Crippen molar-refractivity contribution in [3.8, 4) is 0 Å². The first-order valence-electron chi connectivity index (χ1n) is 6.85. The molecule has 5 heteroatoms. The van der Waals surface area contributed by atoms with Crippen LogP contribution in [0.1, 0.15) is 27.2 Å². The number of hydrogen-bond acceptors (Lipinski definition) is 4. The van der Waals surface area contributed by atoms with E-state index in [0.29, 0.717) is 25.6 Å². The molecule has 1 fully saturated rings. The maximum atomic E-state index is 11.7. The molecule has 0 aromatic heterocycles. The van der Waals surface area contributed by atoms with Crippen molar-refractivity contribution >= 4 is 5.91 Å². The van der Waals surface area contributed by atoms with Crippen molar-refractivity contribution in [3.63, 3.8) is 0 Å². The average molecular weight is 257 g/mol. The second-order valence-corrected chi connectivity index (χ2v) is 5.46. The van der Waals surface area contributed by atoms with Crippen LogP contribution in [0.4, 0.5) is 0 Å². The van der Waals surface area contributed by atoms with Crippen LogP contribution in [0.5, 0.6) is 0 Å². The molecule has 2 unspecified atom stereocenters. The number of likely N-dealkylation sites (tertiary alicyclic amines) is 1. The predicted molar refractivity (Wildman–Crippen MR) is 72.3 cm³/mol. The number of rotatable bonds is 7. The monoisotopic (exact) mass is 257 g/mol. The summed E-state index contributed by atoms with van der Waals surface area (Å²) in [6, 6.07) is 0.206. The van der Waals surface area contributed by atoms with Crippen molar-refractivity contribution in [3.05, 3.63) is 0 Å². The quantitative estimate of drug-likeness (QED) is 0.639. The zero-order chi connectivity index (χ0) is 13.5. The van der Waals surface area contributed by atoms with Crippen molar-refractivity contribution < 1.29 is 9.53 Å². The first kappa shape index (κ1) is 15.4. The van der Waals surface area contributed by atoms with E-state index >= 15 is 0 Å². The molecule has 0 spiro atoms. The third-order valence-electron chi connectivity index (χ3n) is 3.21. The number of nitrogens with two attached hydrogens (primary N) is 1. The number of hydrogen-bond donors (Lipinski definition) is 2. The van der Waals surface area contributed by atoms with Gasteiger partial charge in [0, 0.05) is 32.3 Å². The second kappa shape index (κ2) is 7.71. The fraction of sp³-hybridized carbons (Fsp3) is 0.923. The molecule has 0 aromatic rings.